The molecular formula is C10H18NO4Rf-. The van der Waals surface area contributed by atoms with Crippen molar-refractivity contribution in [3.63, 3.8) is 0 Å². The van der Waals surface area contributed by atoms with Crippen LogP contribution in [-0.2, 0) is 9.47 Å². The maximum atomic E-state index is 10.3. The molecule has 0 saturated carbocycles. The second-order valence-electron chi connectivity index (χ2n) is 4.20. The van der Waals surface area contributed by atoms with Gasteiger partial charge in [-0.15, -0.1) is 0 Å². The van der Waals surface area contributed by atoms with Crippen molar-refractivity contribution in [3.8, 4) is 0 Å². The molecule has 1 aliphatic rings. The molecule has 5 nitrogen and oxygen atoms in total. The van der Waals surface area contributed by atoms with Crippen LogP contribution < -0.4 is 0 Å². The number of carbonyl (C=O) groups excluding carboxylic acids is 1. The van der Waals surface area contributed by atoms with Crippen LogP contribution in [0, 0.1) is 5.92 Å². The molecule has 0 aliphatic carbocycles. The zero-order valence-corrected chi connectivity index (χ0v) is 16.4. The summed E-state index contributed by atoms with van der Waals surface area (Å²) in [4.78, 5) is 10.3. The molecule has 1 saturated heterocycles. The maximum Gasteiger partial charge on any atom is 0.227 e. The first-order valence-corrected chi connectivity index (χ1v) is 5.15. The molecule has 16 heavy (non-hydrogen) atoms. The average molecular weight is 483 g/mol. The molecule has 90 valence electrons. The first-order valence-electron chi connectivity index (χ1n) is 5.15. The molecule has 0 radical (unpaired) electrons. The van der Waals surface area contributed by atoms with Gasteiger partial charge in [0, 0.05) is 5.92 Å². The Balaban J connectivity index is 0.00000225. The van der Waals surface area contributed by atoms with Crippen LogP contribution in [0.2, 0.25) is 0 Å². The number of hydrogen-bond acceptors (Lipinski definition) is 4. The Morgan fingerprint density at radius 1 is 1.62 bits per heavy atom. The van der Waals surface area contributed by atoms with E-state index in [4.69, 9.17) is 10.5 Å². The summed E-state index contributed by atoms with van der Waals surface area (Å²) in [7, 11) is 0. The summed E-state index contributed by atoms with van der Waals surface area (Å²) < 4.78 is 10.2. The van der Waals surface area contributed by atoms with Crippen molar-refractivity contribution in [2.45, 2.75) is 45.0 Å². The summed E-state index contributed by atoms with van der Waals surface area (Å²) in [6, 6.07) is 0. The molecule has 1 heterocycles. The fourth-order valence-electron chi connectivity index (χ4n) is 1.90. The monoisotopic (exact) mass is 483 g/mol. The molecule has 1 amide bonds. The van der Waals surface area contributed by atoms with E-state index in [1.807, 2.05) is 20.8 Å². The van der Waals surface area contributed by atoms with E-state index in [1.54, 1.807) is 0 Å². The summed E-state index contributed by atoms with van der Waals surface area (Å²) in [5.74, 6) is -0.00284. The number of hydrogen-bond donors (Lipinski definition) is 1. The number of carbonyl (C=O) groups is 1. The fraction of sp³-hybridized carbons (Fsp3) is 0.900. The Hall–Kier alpha value is -1.81. The Morgan fingerprint density at radius 2 is 2.19 bits per heavy atom. The summed E-state index contributed by atoms with van der Waals surface area (Å²) in [5, 5.41) is 9.86. The summed E-state index contributed by atoms with van der Waals surface area (Å²) in [5.41, 5.74) is 6.23. The van der Waals surface area contributed by atoms with Crippen LogP contribution in [0.5, 0.6) is 0 Å². The van der Waals surface area contributed by atoms with Crippen molar-refractivity contribution in [1.82, 2.24) is 0 Å². The van der Waals surface area contributed by atoms with Crippen molar-refractivity contribution < 1.29 is 19.4 Å². The SMILES string of the molecule is CCC1(C)OC(COC([NH-])=O)C(O)C1C.[Rf]. The van der Waals surface area contributed by atoms with Crippen molar-refractivity contribution in [2.24, 2.45) is 5.92 Å². The molecule has 1 fully saturated rings. The van der Waals surface area contributed by atoms with Gasteiger partial charge in [-0.2, -0.15) is 0 Å². The minimum Gasteiger partial charge on any atom is -0.632 e. The first-order chi connectivity index (χ1) is 6.90. The molecule has 0 spiro atoms. The van der Waals surface area contributed by atoms with E-state index in [2.05, 4.69) is 4.74 Å². The number of aliphatic hydroxyl groups is 1. The Bertz CT molecular complexity index is 251. The molecule has 6 heteroatoms. The van der Waals surface area contributed by atoms with Crippen LogP contribution in [0.1, 0.15) is 27.2 Å². The van der Waals surface area contributed by atoms with E-state index in [1.165, 1.54) is 0 Å². The van der Waals surface area contributed by atoms with E-state index in [0.717, 1.165) is 6.42 Å². The van der Waals surface area contributed by atoms with Crippen molar-refractivity contribution in [3.05, 3.63) is 5.73 Å². The molecule has 1 aliphatic heterocycles. The van der Waals surface area contributed by atoms with Crippen molar-refractivity contribution in [2.75, 3.05) is 6.61 Å². The van der Waals surface area contributed by atoms with Crippen LogP contribution in [0.25, 0.3) is 5.73 Å². The van der Waals surface area contributed by atoms with Crippen molar-refractivity contribution >= 4 is 6.09 Å². The minimum atomic E-state index is -1.09. The predicted molar refractivity (Wildman–Crippen MR) is 54.4 cm³/mol. The van der Waals surface area contributed by atoms with Gasteiger partial charge < -0.3 is 20.3 Å². The Morgan fingerprint density at radius 3 is 2.56 bits per heavy atom. The van der Waals surface area contributed by atoms with Gasteiger partial charge in [0.15, 0.2) is 0 Å². The number of amides is 1. The summed E-state index contributed by atoms with van der Waals surface area (Å²) in [6.07, 6.45) is -1.46. The van der Waals surface area contributed by atoms with E-state index in [9.17, 15) is 9.90 Å². The molecule has 0 aromatic heterocycles. The number of aliphatic hydroxyl groups excluding tert-OH is 1. The largest absolute Gasteiger partial charge is 0.632 e. The number of ether oxygens (including phenoxy) is 2. The molecule has 4 unspecified atom stereocenters. The second kappa shape index (κ2) is 4.81. The molecule has 0 aromatic carbocycles. The zero-order valence-electron chi connectivity index (χ0n) is 10.0. The summed E-state index contributed by atoms with van der Waals surface area (Å²) >= 11 is 0. The van der Waals surface area contributed by atoms with E-state index in [0.29, 0.717) is 0 Å². The summed E-state index contributed by atoms with van der Waals surface area (Å²) in [6.45, 7) is 5.78. The molecule has 4 atom stereocenters. The third kappa shape index (κ3) is 2.41. The maximum absolute atomic E-state index is 10.3. The van der Waals surface area contributed by atoms with Crippen LogP contribution in [0.15, 0.2) is 0 Å². The van der Waals surface area contributed by atoms with Crippen LogP contribution >= 0.6 is 0 Å². The second-order valence-corrected chi connectivity index (χ2v) is 4.20. The molecular weight excluding hydrogens is 465 g/mol. The van der Waals surface area contributed by atoms with Gasteiger partial charge >= 0.3 is 0 Å². The predicted octanol–water partition coefficient (Wildman–Crippen LogP) is 1.74. The van der Waals surface area contributed by atoms with E-state index in [-0.39, 0.29) is 18.1 Å². The van der Waals surface area contributed by atoms with E-state index < -0.39 is 18.3 Å². The standard InChI is InChI=1S/C10H19NO4.Rf/c1-4-10(3)6(2)8(12)7(15-10)5-14-9(11)13;/h6-8,12H,4-5H2,1-3H3,(H2,11,13);/p-1. The normalized spacial score (nSPS) is 37.9. The van der Waals surface area contributed by atoms with Gasteiger partial charge in [-0.3, -0.25) is 4.79 Å². The first kappa shape index (κ1) is 14.2. The topological polar surface area (TPSA) is 79.6 Å². The Labute approximate surface area is 89.5 Å². The third-order valence-electron chi connectivity index (χ3n) is 3.36. The molecule has 0 aromatic rings. The van der Waals surface area contributed by atoms with Gasteiger partial charge in [0.1, 0.15) is 12.7 Å². The minimum absolute atomic E-state index is 0. The quantitative estimate of drug-likeness (QED) is 0.664. The number of rotatable bonds is 3. The third-order valence-corrected chi connectivity index (χ3v) is 3.36. The van der Waals surface area contributed by atoms with Crippen molar-refractivity contribution in [1.29, 1.82) is 0 Å². The average Bonchev–Trinajstić information content (AvgIpc) is 2.41. The van der Waals surface area contributed by atoms with Crippen LogP contribution in [-0.4, -0.2) is 35.6 Å². The number of nitrogens with one attached hydrogen (secondary N) is 1. The van der Waals surface area contributed by atoms with Gasteiger partial charge in [-0.1, -0.05) is 13.8 Å². The smallest absolute Gasteiger partial charge is 0.227 e. The Kier molecular flexibility index (Phi) is 4.26. The van der Waals surface area contributed by atoms with Gasteiger partial charge in [-0.25, -0.2) is 0 Å². The van der Waals surface area contributed by atoms with Gasteiger partial charge in [0.05, 0.1) is 11.7 Å². The molecule has 0 bridgehead atoms. The molecule has 1 rings (SSSR count). The van der Waals surface area contributed by atoms with Gasteiger partial charge in [0.25, 0.3) is 0 Å². The molecule has 2 N–H and O–H groups in total. The van der Waals surface area contributed by atoms with Gasteiger partial charge in [-0.05, 0) is 13.3 Å². The van der Waals surface area contributed by atoms with Gasteiger partial charge in [0.2, 0.25) is 6.09 Å². The van der Waals surface area contributed by atoms with Crippen LogP contribution in [0.4, 0.5) is 4.79 Å². The zero-order chi connectivity index (χ0) is 11.6. The fourth-order valence-corrected chi connectivity index (χ4v) is 1.90. The van der Waals surface area contributed by atoms with Crippen LogP contribution in [0.3, 0.4) is 0 Å². The van der Waals surface area contributed by atoms with E-state index >= 15 is 0 Å².